The van der Waals surface area contributed by atoms with E-state index in [2.05, 4.69) is 29.2 Å². The number of benzene rings is 1. The molecule has 2 aliphatic heterocycles. The van der Waals surface area contributed by atoms with Gasteiger partial charge in [-0.15, -0.1) is 11.3 Å². The number of carbonyl (C=O) groups excluding carboxylic acids is 3. The molecule has 2 atom stereocenters. The van der Waals surface area contributed by atoms with Gasteiger partial charge in [-0.25, -0.2) is 4.79 Å². The zero-order chi connectivity index (χ0) is 30.3. The number of piperidine rings is 1. The van der Waals surface area contributed by atoms with Crippen LogP contribution in [0.4, 0.5) is 4.79 Å². The molecule has 234 valence electrons. The normalized spacial score (nSPS) is 21.5. The molecule has 2 aromatic rings. The smallest absolute Gasteiger partial charge is 0.409 e. The fraction of sp³-hybridized carbons (Fsp3) is 0.594. The lowest BCUT2D eigenvalue weighted by atomic mass is 9.84. The zero-order valence-corrected chi connectivity index (χ0v) is 26.8. The van der Waals surface area contributed by atoms with Crippen LogP contribution in [0.15, 0.2) is 41.8 Å². The number of halogens is 1. The number of likely N-dealkylation sites (N-methyl/N-ethyl adjacent to an activating group) is 1. The second-order valence-corrected chi connectivity index (χ2v) is 13.6. The summed E-state index contributed by atoms with van der Waals surface area (Å²) in [6.07, 6.45) is 7.12. The number of carbonyl (C=O) groups is 3. The van der Waals surface area contributed by atoms with E-state index in [1.807, 2.05) is 17.5 Å². The molecule has 3 fully saturated rings. The van der Waals surface area contributed by atoms with Crippen molar-refractivity contribution >= 4 is 40.8 Å². The summed E-state index contributed by atoms with van der Waals surface area (Å²) >= 11 is 7.80. The fourth-order valence-corrected chi connectivity index (χ4v) is 7.59. The first-order valence-corrected chi connectivity index (χ1v) is 16.8. The van der Waals surface area contributed by atoms with Crippen LogP contribution in [0, 0.1) is 5.92 Å². The summed E-state index contributed by atoms with van der Waals surface area (Å²) in [6, 6.07) is 9.96. The van der Waals surface area contributed by atoms with E-state index in [1.54, 1.807) is 40.5 Å². The molecule has 1 aromatic carbocycles. The van der Waals surface area contributed by atoms with Crippen molar-refractivity contribution in [3.63, 3.8) is 0 Å². The van der Waals surface area contributed by atoms with Gasteiger partial charge in [-0.1, -0.05) is 49.1 Å². The molecule has 1 saturated carbocycles. The van der Waals surface area contributed by atoms with Crippen molar-refractivity contribution in [3.05, 3.63) is 51.7 Å². The highest BCUT2D eigenvalue weighted by Crippen LogP contribution is 2.31. The number of para-hydroxylation sites is 1. The number of rotatable bonds is 8. The van der Waals surface area contributed by atoms with Gasteiger partial charge in [-0.05, 0) is 82.4 Å². The predicted molar refractivity (Wildman–Crippen MR) is 169 cm³/mol. The molecule has 0 radical (unpaired) electrons. The van der Waals surface area contributed by atoms with Gasteiger partial charge in [0.05, 0.1) is 24.2 Å². The Morgan fingerprint density at radius 2 is 1.77 bits per heavy atom. The monoisotopic (exact) mass is 629 g/mol. The lowest BCUT2D eigenvalue weighted by Gasteiger charge is -2.47. The van der Waals surface area contributed by atoms with E-state index in [0.717, 1.165) is 43.6 Å². The predicted octanol–water partition coefficient (Wildman–Crippen LogP) is 4.70. The molecule has 3 aliphatic rings. The van der Waals surface area contributed by atoms with Crippen LogP contribution >= 0.6 is 22.9 Å². The zero-order valence-electron chi connectivity index (χ0n) is 25.3. The topological polar surface area (TPSA) is 85.4 Å². The Labute approximate surface area is 264 Å². The minimum absolute atomic E-state index is 0.00183. The molecule has 43 heavy (non-hydrogen) atoms. The third-order valence-electron chi connectivity index (χ3n) is 9.33. The number of piperazine rings is 1. The van der Waals surface area contributed by atoms with Crippen LogP contribution in [0.25, 0.3) is 0 Å². The Hall–Kier alpha value is -2.66. The van der Waals surface area contributed by atoms with Crippen LogP contribution in [0.5, 0.6) is 5.75 Å². The maximum atomic E-state index is 14.7. The first-order chi connectivity index (χ1) is 20.8. The van der Waals surface area contributed by atoms with Crippen LogP contribution in [-0.2, 0) is 16.1 Å². The average Bonchev–Trinajstić information content (AvgIpc) is 3.56. The van der Waals surface area contributed by atoms with Gasteiger partial charge < -0.3 is 24.8 Å². The first kappa shape index (κ1) is 31.8. The maximum Gasteiger partial charge on any atom is 0.415 e. The van der Waals surface area contributed by atoms with Crippen molar-refractivity contribution in [2.75, 3.05) is 46.8 Å². The minimum atomic E-state index is -0.825. The van der Waals surface area contributed by atoms with E-state index in [0.29, 0.717) is 17.6 Å². The fourth-order valence-electron chi connectivity index (χ4n) is 6.77. The number of likely N-dealkylation sites (tertiary alicyclic amines) is 1. The van der Waals surface area contributed by atoms with Gasteiger partial charge in [0.1, 0.15) is 6.04 Å². The van der Waals surface area contributed by atoms with Gasteiger partial charge >= 0.3 is 6.09 Å². The summed E-state index contributed by atoms with van der Waals surface area (Å²) < 4.78 is 5.61. The van der Waals surface area contributed by atoms with Gasteiger partial charge in [0.25, 0.3) is 0 Å². The van der Waals surface area contributed by atoms with Crippen LogP contribution in [-0.4, -0.2) is 102 Å². The molecule has 3 amide bonds. The van der Waals surface area contributed by atoms with Gasteiger partial charge in [-0.3, -0.25) is 14.5 Å². The average molecular weight is 630 g/mol. The van der Waals surface area contributed by atoms with Crippen LogP contribution in [0.1, 0.15) is 49.8 Å². The summed E-state index contributed by atoms with van der Waals surface area (Å²) in [6.45, 7) is 2.88. The molecular formula is C32H44ClN5O4S. The van der Waals surface area contributed by atoms with E-state index < -0.39 is 12.1 Å². The Kier molecular flexibility index (Phi) is 11.0. The van der Waals surface area contributed by atoms with Gasteiger partial charge in [0.15, 0.2) is 5.75 Å². The van der Waals surface area contributed by atoms with E-state index >= 15 is 0 Å². The van der Waals surface area contributed by atoms with Gasteiger partial charge in [0, 0.05) is 24.0 Å². The molecule has 0 spiro atoms. The minimum Gasteiger partial charge on any atom is -0.409 e. The Morgan fingerprint density at radius 1 is 1.02 bits per heavy atom. The summed E-state index contributed by atoms with van der Waals surface area (Å²) in [7, 11) is 4.24. The Balaban J connectivity index is 1.37. The highest BCUT2D eigenvalue weighted by molar-refractivity contribution is 7.09. The molecule has 1 unspecified atom stereocenters. The van der Waals surface area contributed by atoms with Gasteiger partial charge in [0.2, 0.25) is 11.8 Å². The quantitative estimate of drug-likeness (QED) is 0.456. The molecular weight excluding hydrogens is 586 g/mol. The first-order valence-electron chi connectivity index (χ1n) is 15.5. The largest absolute Gasteiger partial charge is 0.415 e. The number of amides is 3. The lowest BCUT2D eigenvalue weighted by Crippen LogP contribution is -2.66. The molecule has 9 nitrogen and oxygen atoms in total. The molecule has 11 heteroatoms. The summed E-state index contributed by atoms with van der Waals surface area (Å²) in [5.74, 6) is 0.217. The van der Waals surface area contributed by atoms with Crippen molar-refractivity contribution in [1.82, 2.24) is 24.9 Å². The Morgan fingerprint density at radius 3 is 2.47 bits per heavy atom. The number of hydrogen-bond donors (Lipinski definition) is 1. The van der Waals surface area contributed by atoms with Gasteiger partial charge in [-0.2, -0.15) is 0 Å². The maximum absolute atomic E-state index is 14.7. The summed E-state index contributed by atoms with van der Waals surface area (Å²) in [5, 5.41) is 5.34. The lowest BCUT2D eigenvalue weighted by molar-refractivity contribution is -0.150. The van der Waals surface area contributed by atoms with E-state index in [9.17, 15) is 14.4 Å². The third kappa shape index (κ3) is 7.90. The number of ether oxygens (including phenoxy) is 1. The highest BCUT2D eigenvalue weighted by Gasteiger charge is 2.44. The number of hydrogen-bond acceptors (Lipinski definition) is 7. The van der Waals surface area contributed by atoms with Crippen molar-refractivity contribution in [3.8, 4) is 5.75 Å². The summed E-state index contributed by atoms with van der Waals surface area (Å²) in [4.78, 5) is 50.6. The van der Waals surface area contributed by atoms with Crippen LogP contribution < -0.4 is 10.1 Å². The Bertz CT molecular complexity index is 1230. The van der Waals surface area contributed by atoms with E-state index in [1.165, 1.54) is 24.2 Å². The third-order valence-corrected chi connectivity index (χ3v) is 10.5. The van der Waals surface area contributed by atoms with Crippen molar-refractivity contribution < 1.29 is 19.1 Å². The summed E-state index contributed by atoms with van der Waals surface area (Å²) in [5.41, 5.74) is 0. The molecule has 5 rings (SSSR count). The molecule has 2 saturated heterocycles. The molecule has 1 aliphatic carbocycles. The second-order valence-electron chi connectivity index (χ2n) is 12.1. The number of nitrogens with one attached hydrogen (secondary N) is 1. The molecule has 0 bridgehead atoms. The van der Waals surface area contributed by atoms with Crippen molar-refractivity contribution in [2.45, 2.75) is 69.6 Å². The second kappa shape index (κ2) is 14.9. The van der Waals surface area contributed by atoms with Crippen LogP contribution in [0.2, 0.25) is 5.02 Å². The standard InChI is InChI=1S/C32H44ClN5O4S/c1-35-16-14-23(15-17-35)29(36(2)24-9-4-3-5-10-24)31(40)38-19-18-37(32(41)42-28-13-7-6-12-26(28)33)22-27(38)30(39)34-21-25-11-8-20-43-25/h6-8,11-13,20,23-24,27,29H,3-5,9-10,14-19,21-22H2,1-2H3,(H,34,39)/t27-,29?/m0/s1. The van der Waals surface area contributed by atoms with E-state index in [4.69, 9.17) is 16.3 Å². The van der Waals surface area contributed by atoms with Crippen LogP contribution in [0.3, 0.4) is 0 Å². The van der Waals surface area contributed by atoms with Crippen molar-refractivity contribution in [1.29, 1.82) is 0 Å². The molecule has 1 aromatic heterocycles. The highest BCUT2D eigenvalue weighted by atomic mass is 35.5. The van der Waals surface area contributed by atoms with E-state index in [-0.39, 0.29) is 49.2 Å². The SMILES string of the molecule is CN1CCC(C(C(=O)N2CCN(C(=O)Oc3ccccc3Cl)C[C@H]2C(=O)NCc2cccs2)N(C)C2CCCCC2)CC1. The van der Waals surface area contributed by atoms with Crippen molar-refractivity contribution in [2.24, 2.45) is 5.92 Å². The molecule has 1 N–H and O–H groups in total. The number of thiophene rings is 1. The molecule has 3 heterocycles. The number of nitrogens with zero attached hydrogens (tertiary/aromatic N) is 4.